The fourth-order valence-electron chi connectivity index (χ4n) is 3.73. The predicted molar refractivity (Wildman–Crippen MR) is 99.5 cm³/mol. The van der Waals surface area contributed by atoms with E-state index in [0.29, 0.717) is 31.5 Å². The number of benzene rings is 1. The molecule has 0 saturated carbocycles. The molecular formula is C19H25BrN2O3. The molecule has 2 heterocycles. The van der Waals surface area contributed by atoms with E-state index in [9.17, 15) is 14.7 Å². The second kappa shape index (κ2) is 8.21. The van der Waals surface area contributed by atoms with Gasteiger partial charge in [-0.3, -0.25) is 9.59 Å². The van der Waals surface area contributed by atoms with Gasteiger partial charge < -0.3 is 14.9 Å². The number of rotatable bonds is 2. The fourth-order valence-corrected chi connectivity index (χ4v) is 4.09. The van der Waals surface area contributed by atoms with E-state index in [0.717, 1.165) is 30.4 Å². The van der Waals surface area contributed by atoms with Crippen molar-refractivity contribution in [3.8, 4) is 5.75 Å². The normalized spacial score (nSPS) is 19.6. The van der Waals surface area contributed by atoms with Crippen molar-refractivity contribution in [1.82, 2.24) is 9.80 Å². The Morgan fingerprint density at radius 2 is 1.60 bits per heavy atom. The quantitative estimate of drug-likeness (QED) is 0.815. The molecule has 2 aliphatic heterocycles. The number of likely N-dealkylation sites (tertiary alicyclic amines) is 2. The summed E-state index contributed by atoms with van der Waals surface area (Å²) in [5, 5.41) is 9.94. The number of aromatic hydroxyl groups is 1. The lowest BCUT2D eigenvalue weighted by Gasteiger charge is -2.34. The monoisotopic (exact) mass is 408 g/mol. The average molecular weight is 409 g/mol. The van der Waals surface area contributed by atoms with Gasteiger partial charge in [-0.15, -0.1) is 0 Å². The highest BCUT2D eigenvalue weighted by Crippen LogP contribution is 2.27. The summed E-state index contributed by atoms with van der Waals surface area (Å²) in [4.78, 5) is 29.1. The van der Waals surface area contributed by atoms with E-state index in [1.54, 1.807) is 17.0 Å². The summed E-state index contributed by atoms with van der Waals surface area (Å²) in [6.45, 7) is 2.89. The lowest BCUT2D eigenvalue weighted by molar-refractivity contribution is -0.136. The van der Waals surface area contributed by atoms with Crippen molar-refractivity contribution in [1.29, 1.82) is 0 Å². The third-order valence-electron chi connectivity index (χ3n) is 5.24. The molecule has 0 atom stereocenters. The van der Waals surface area contributed by atoms with Crippen LogP contribution in [-0.2, 0) is 4.79 Å². The van der Waals surface area contributed by atoms with Gasteiger partial charge in [0.05, 0.1) is 5.56 Å². The van der Waals surface area contributed by atoms with Crippen molar-refractivity contribution in [2.75, 3.05) is 26.2 Å². The molecule has 1 aromatic carbocycles. The first-order valence-electron chi connectivity index (χ1n) is 9.13. The molecule has 2 saturated heterocycles. The Morgan fingerprint density at radius 1 is 0.960 bits per heavy atom. The minimum atomic E-state index is -0.167. The van der Waals surface area contributed by atoms with E-state index >= 15 is 0 Å². The smallest absolute Gasteiger partial charge is 0.257 e. The van der Waals surface area contributed by atoms with Crippen LogP contribution in [0.3, 0.4) is 0 Å². The molecule has 2 fully saturated rings. The van der Waals surface area contributed by atoms with Gasteiger partial charge in [0.25, 0.3) is 5.91 Å². The third kappa shape index (κ3) is 4.35. The highest BCUT2D eigenvalue weighted by Gasteiger charge is 2.31. The van der Waals surface area contributed by atoms with E-state index in [1.807, 2.05) is 4.90 Å². The Hall–Kier alpha value is -1.56. The number of carbonyl (C=O) groups excluding carboxylic acids is 2. The Bertz CT molecular complexity index is 634. The van der Waals surface area contributed by atoms with E-state index < -0.39 is 0 Å². The van der Waals surface area contributed by atoms with Gasteiger partial charge >= 0.3 is 0 Å². The number of carbonyl (C=O) groups is 2. The molecule has 0 radical (unpaired) electrons. The molecule has 1 aromatic rings. The highest BCUT2D eigenvalue weighted by atomic mass is 79.9. The summed E-state index contributed by atoms with van der Waals surface area (Å²) in [6.07, 6.45) is 6.04. The summed E-state index contributed by atoms with van der Waals surface area (Å²) in [7, 11) is 0. The zero-order valence-corrected chi connectivity index (χ0v) is 16.0. The number of nitrogens with zero attached hydrogens (tertiary/aromatic N) is 2. The molecule has 0 unspecified atom stereocenters. The van der Waals surface area contributed by atoms with Gasteiger partial charge in [-0.1, -0.05) is 28.8 Å². The van der Waals surface area contributed by atoms with Crippen molar-refractivity contribution in [2.45, 2.75) is 38.5 Å². The molecule has 6 heteroatoms. The molecular weight excluding hydrogens is 384 g/mol. The SMILES string of the molecule is O=C(c1cc(Br)ccc1O)N1CCC(C(=O)N2CCCCCC2)CC1. The van der Waals surface area contributed by atoms with Crippen LogP contribution in [0.25, 0.3) is 0 Å². The molecule has 2 amide bonds. The summed E-state index contributed by atoms with van der Waals surface area (Å²) < 4.78 is 0.764. The van der Waals surface area contributed by atoms with E-state index in [-0.39, 0.29) is 23.5 Å². The van der Waals surface area contributed by atoms with Crippen LogP contribution in [0.5, 0.6) is 5.75 Å². The van der Waals surface area contributed by atoms with Crippen LogP contribution in [0.15, 0.2) is 22.7 Å². The van der Waals surface area contributed by atoms with Gasteiger partial charge in [-0.05, 0) is 43.9 Å². The summed E-state index contributed by atoms with van der Waals surface area (Å²) in [5.41, 5.74) is 0.312. The molecule has 0 aromatic heterocycles. The Balaban J connectivity index is 1.58. The van der Waals surface area contributed by atoms with E-state index in [1.165, 1.54) is 18.9 Å². The molecule has 0 bridgehead atoms. The lowest BCUT2D eigenvalue weighted by atomic mass is 9.94. The van der Waals surface area contributed by atoms with Crippen LogP contribution in [0.1, 0.15) is 48.9 Å². The first-order chi connectivity index (χ1) is 12.1. The fraction of sp³-hybridized carbons (Fsp3) is 0.579. The van der Waals surface area contributed by atoms with Gasteiger partial charge in [0.15, 0.2) is 0 Å². The van der Waals surface area contributed by atoms with E-state index in [4.69, 9.17) is 0 Å². The maximum Gasteiger partial charge on any atom is 0.257 e. The topological polar surface area (TPSA) is 60.9 Å². The Morgan fingerprint density at radius 3 is 2.24 bits per heavy atom. The van der Waals surface area contributed by atoms with Crippen molar-refractivity contribution in [3.05, 3.63) is 28.2 Å². The number of amides is 2. The molecule has 25 heavy (non-hydrogen) atoms. The zero-order chi connectivity index (χ0) is 17.8. The number of piperidine rings is 1. The number of phenols is 1. The van der Waals surface area contributed by atoms with Crippen LogP contribution in [-0.4, -0.2) is 52.9 Å². The molecule has 3 rings (SSSR count). The van der Waals surface area contributed by atoms with Crippen molar-refractivity contribution >= 4 is 27.7 Å². The van der Waals surface area contributed by atoms with E-state index in [2.05, 4.69) is 15.9 Å². The van der Waals surface area contributed by atoms with Crippen LogP contribution >= 0.6 is 15.9 Å². The van der Waals surface area contributed by atoms with Gasteiger partial charge in [0, 0.05) is 36.6 Å². The number of hydrogen-bond acceptors (Lipinski definition) is 3. The van der Waals surface area contributed by atoms with Crippen LogP contribution < -0.4 is 0 Å². The van der Waals surface area contributed by atoms with Crippen LogP contribution in [0.4, 0.5) is 0 Å². The molecule has 0 aliphatic carbocycles. The zero-order valence-electron chi connectivity index (χ0n) is 14.4. The molecule has 0 spiro atoms. The Kier molecular flexibility index (Phi) is 5.99. The molecule has 2 aliphatic rings. The minimum absolute atomic E-state index is 0.00373. The first kappa shape index (κ1) is 18.2. The average Bonchev–Trinajstić information content (AvgIpc) is 2.92. The molecule has 1 N–H and O–H groups in total. The molecule has 5 nitrogen and oxygen atoms in total. The number of phenolic OH excluding ortho intramolecular Hbond substituents is 1. The number of halogens is 1. The van der Waals surface area contributed by atoms with Gasteiger partial charge in [0.1, 0.15) is 5.75 Å². The van der Waals surface area contributed by atoms with Crippen LogP contribution in [0, 0.1) is 5.92 Å². The standard InChI is InChI=1S/C19H25BrN2O3/c20-15-5-6-17(23)16(13-15)19(25)22-11-7-14(8-12-22)18(24)21-9-3-1-2-4-10-21/h5-6,13-14,23H,1-4,7-12H2. The first-order valence-corrected chi connectivity index (χ1v) is 9.92. The van der Waals surface area contributed by atoms with Gasteiger partial charge in [-0.25, -0.2) is 0 Å². The predicted octanol–water partition coefficient (Wildman–Crippen LogP) is 3.41. The maximum absolute atomic E-state index is 12.7. The molecule has 136 valence electrons. The van der Waals surface area contributed by atoms with Crippen molar-refractivity contribution in [3.63, 3.8) is 0 Å². The third-order valence-corrected chi connectivity index (χ3v) is 5.73. The highest BCUT2D eigenvalue weighted by molar-refractivity contribution is 9.10. The Labute approximate surface area is 157 Å². The largest absolute Gasteiger partial charge is 0.507 e. The summed E-state index contributed by atoms with van der Waals surface area (Å²) >= 11 is 3.34. The van der Waals surface area contributed by atoms with Crippen molar-refractivity contribution < 1.29 is 14.7 Å². The van der Waals surface area contributed by atoms with Crippen LogP contribution in [0.2, 0.25) is 0 Å². The van der Waals surface area contributed by atoms with Crippen molar-refractivity contribution in [2.24, 2.45) is 5.92 Å². The lowest BCUT2D eigenvalue weighted by Crippen LogP contribution is -2.44. The second-order valence-electron chi connectivity index (χ2n) is 6.97. The van der Waals surface area contributed by atoms with Gasteiger partial charge in [-0.2, -0.15) is 0 Å². The number of hydrogen-bond donors (Lipinski definition) is 1. The maximum atomic E-state index is 12.7. The second-order valence-corrected chi connectivity index (χ2v) is 7.88. The summed E-state index contributed by atoms with van der Waals surface area (Å²) in [6, 6.07) is 4.87. The summed E-state index contributed by atoms with van der Waals surface area (Å²) in [5.74, 6) is 0.119. The van der Waals surface area contributed by atoms with Gasteiger partial charge in [0.2, 0.25) is 5.91 Å². The minimum Gasteiger partial charge on any atom is -0.507 e.